The summed E-state index contributed by atoms with van der Waals surface area (Å²) in [6.45, 7) is 2.15. The van der Waals surface area contributed by atoms with E-state index in [-0.39, 0.29) is 6.04 Å². The van der Waals surface area contributed by atoms with E-state index < -0.39 is 0 Å². The fourth-order valence-electron chi connectivity index (χ4n) is 2.01. The van der Waals surface area contributed by atoms with Crippen LogP contribution in [0.15, 0.2) is 41.8 Å². The first-order chi connectivity index (χ1) is 8.25. The second kappa shape index (κ2) is 5.99. The van der Waals surface area contributed by atoms with Crippen molar-refractivity contribution >= 4 is 11.3 Å². The number of nitrogens with two attached hydrogens (primary N) is 1. The highest BCUT2D eigenvalue weighted by atomic mass is 32.1. The maximum atomic E-state index is 6.20. The minimum absolute atomic E-state index is 0.262. The van der Waals surface area contributed by atoms with E-state index in [1.165, 1.54) is 16.0 Å². The average Bonchev–Trinajstić information content (AvgIpc) is 2.82. The topological polar surface area (TPSA) is 26.0 Å². The third-order valence-electron chi connectivity index (χ3n) is 3.08. The van der Waals surface area contributed by atoms with Gasteiger partial charge >= 0.3 is 0 Å². The van der Waals surface area contributed by atoms with Crippen LogP contribution in [0.3, 0.4) is 0 Å². The first-order valence-electron chi connectivity index (χ1n) is 6.08. The van der Waals surface area contributed by atoms with Crippen molar-refractivity contribution in [3.8, 4) is 0 Å². The molecule has 1 aromatic carbocycles. The summed E-state index contributed by atoms with van der Waals surface area (Å²) in [6, 6.07) is 13.1. The molecule has 0 spiro atoms. The summed E-state index contributed by atoms with van der Waals surface area (Å²) in [4.78, 5) is 1.44. The molecule has 2 rings (SSSR count). The predicted octanol–water partition coefficient (Wildman–Crippen LogP) is 3.56. The minimum atomic E-state index is 0.262. The zero-order chi connectivity index (χ0) is 12.1. The molecule has 0 aliphatic heterocycles. The normalized spacial score (nSPS) is 12.6. The van der Waals surface area contributed by atoms with Gasteiger partial charge in [0.1, 0.15) is 0 Å². The first-order valence-corrected chi connectivity index (χ1v) is 6.96. The maximum Gasteiger partial charge on any atom is 0.00828 e. The molecule has 1 nitrogen and oxygen atoms in total. The number of thiophene rings is 1. The van der Waals surface area contributed by atoms with Crippen molar-refractivity contribution in [1.29, 1.82) is 0 Å². The van der Waals surface area contributed by atoms with Crippen LogP contribution in [0.1, 0.15) is 22.4 Å². The lowest BCUT2D eigenvalue weighted by atomic mass is 9.99. The van der Waals surface area contributed by atoms with Crippen molar-refractivity contribution in [1.82, 2.24) is 0 Å². The van der Waals surface area contributed by atoms with Crippen molar-refractivity contribution in [2.75, 3.05) is 0 Å². The van der Waals surface area contributed by atoms with Gasteiger partial charge in [-0.15, -0.1) is 11.3 Å². The number of hydrogen-bond donors (Lipinski definition) is 1. The van der Waals surface area contributed by atoms with Crippen LogP contribution in [0.4, 0.5) is 0 Å². The monoisotopic (exact) mass is 245 g/mol. The Hall–Kier alpha value is -1.12. The molecule has 0 saturated heterocycles. The summed E-state index contributed by atoms with van der Waals surface area (Å²) in [6.07, 6.45) is 3.15. The first kappa shape index (κ1) is 12.3. The molecule has 2 heteroatoms. The quantitative estimate of drug-likeness (QED) is 0.856. The van der Waals surface area contributed by atoms with Gasteiger partial charge in [0, 0.05) is 10.9 Å². The van der Waals surface area contributed by atoms with E-state index >= 15 is 0 Å². The Bertz CT molecular complexity index is 448. The van der Waals surface area contributed by atoms with Gasteiger partial charge < -0.3 is 5.73 Å². The van der Waals surface area contributed by atoms with E-state index in [0.29, 0.717) is 0 Å². The molecule has 2 N–H and O–H groups in total. The Labute approximate surface area is 107 Å². The summed E-state index contributed by atoms with van der Waals surface area (Å²) < 4.78 is 0. The molecule has 1 heterocycles. The highest BCUT2D eigenvalue weighted by molar-refractivity contribution is 7.09. The summed E-state index contributed by atoms with van der Waals surface area (Å²) in [5, 5.41) is 2.13. The number of benzene rings is 1. The van der Waals surface area contributed by atoms with E-state index in [4.69, 9.17) is 5.73 Å². The molecule has 90 valence electrons. The zero-order valence-electron chi connectivity index (χ0n) is 10.2. The van der Waals surface area contributed by atoms with Gasteiger partial charge in [-0.05, 0) is 48.8 Å². The van der Waals surface area contributed by atoms with Crippen molar-refractivity contribution in [2.45, 2.75) is 32.2 Å². The van der Waals surface area contributed by atoms with Crippen LogP contribution >= 0.6 is 11.3 Å². The summed E-state index contributed by atoms with van der Waals surface area (Å²) in [5.74, 6) is 0. The third-order valence-corrected chi connectivity index (χ3v) is 4.02. The molecule has 1 atom stereocenters. The maximum absolute atomic E-state index is 6.20. The summed E-state index contributed by atoms with van der Waals surface area (Å²) in [7, 11) is 0. The van der Waals surface area contributed by atoms with Crippen LogP contribution in [0.5, 0.6) is 0 Å². The highest BCUT2D eigenvalue weighted by Gasteiger charge is 2.06. The van der Waals surface area contributed by atoms with Gasteiger partial charge in [0.15, 0.2) is 0 Å². The molecular formula is C15H19NS. The standard InChI is InChI=1S/C15H19NS/c1-12-5-2-3-6-13(12)11-14(16)8-9-15-7-4-10-17-15/h2-7,10,14H,8-9,11,16H2,1H3. The Morgan fingerprint density at radius 3 is 2.71 bits per heavy atom. The Morgan fingerprint density at radius 1 is 1.18 bits per heavy atom. The Morgan fingerprint density at radius 2 is 2.00 bits per heavy atom. The van der Waals surface area contributed by atoms with Crippen molar-refractivity contribution in [2.24, 2.45) is 5.73 Å². The van der Waals surface area contributed by atoms with Gasteiger partial charge in [0.25, 0.3) is 0 Å². The minimum Gasteiger partial charge on any atom is -0.327 e. The predicted molar refractivity (Wildman–Crippen MR) is 75.5 cm³/mol. The third kappa shape index (κ3) is 3.69. The van der Waals surface area contributed by atoms with Gasteiger partial charge in [-0.3, -0.25) is 0 Å². The second-order valence-corrected chi connectivity index (χ2v) is 5.54. The molecule has 1 unspecified atom stereocenters. The van der Waals surface area contributed by atoms with Crippen LogP contribution in [-0.2, 0) is 12.8 Å². The SMILES string of the molecule is Cc1ccccc1CC(N)CCc1cccs1. The Kier molecular flexibility index (Phi) is 4.35. The Balaban J connectivity index is 1.85. The molecule has 2 aromatic rings. The van der Waals surface area contributed by atoms with Gasteiger partial charge in [-0.25, -0.2) is 0 Å². The fraction of sp³-hybridized carbons (Fsp3) is 0.333. The van der Waals surface area contributed by atoms with Gasteiger partial charge in [-0.2, -0.15) is 0 Å². The molecule has 1 aromatic heterocycles. The van der Waals surface area contributed by atoms with E-state index in [0.717, 1.165) is 19.3 Å². The lowest BCUT2D eigenvalue weighted by Gasteiger charge is -2.12. The van der Waals surface area contributed by atoms with Crippen molar-refractivity contribution < 1.29 is 0 Å². The van der Waals surface area contributed by atoms with E-state index in [1.807, 2.05) is 11.3 Å². The molecule has 0 radical (unpaired) electrons. The van der Waals surface area contributed by atoms with E-state index in [2.05, 4.69) is 48.7 Å². The van der Waals surface area contributed by atoms with Crippen LogP contribution in [-0.4, -0.2) is 6.04 Å². The summed E-state index contributed by atoms with van der Waals surface area (Å²) in [5.41, 5.74) is 8.92. The van der Waals surface area contributed by atoms with Crippen molar-refractivity contribution in [3.05, 3.63) is 57.8 Å². The lowest BCUT2D eigenvalue weighted by Crippen LogP contribution is -2.23. The van der Waals surface area contributed by atoms with Gasteiger partial charge in [0.2, 0.25) is 0 Å². The van der Waals surface area contributed by atoms with E-state index in [9.17, 15) is 0 Å². The van der Waals surface area contributed by atoms with Crippen LogP contribution in [0.2, 0.25) is 0 Å². The van der Waals surface area contributed by atoms with Gasteiger partial charge in [0.05, 0.1) is 0 Å². The molecule has 0 bridgehead atoms. The molecule has 0 aliphatic rings. The largest absolute Gasteiger partial charge is 0.327 e. The molecule has 0 saturated carbocycles. The van der Waals surface area contributed by atoms with Crippen LogP contribution in [0, 0.1) is 6.92 Å². The fourth-order valence-corrected chi connectivity index (χ4v) is 2.73. The molecular weight excluding hydrogens is 226 g/mol. The number of rotatable bonds is 5. The van der Waals surface area contributed by atoms with E-state index in [1.54, 1.807) is 0 Å². The van der Waals surface area contributed by atoms with Crippen molar-refractivity contribution in [3.63, 3.8) is 0 Å². The molecule has 0 amide bonds. The lowest BCUT2D eigenvalue weighted by molar-refractivity contribution is 0.612. The molecule has 17 heavy (non-hydrogen) atoms. The second-order valence-electron chi connectivity index (χ2n) is 4.51. The average molecular weight is 245 g/mol. The van der Waals surface area contributed by atoms with Crippen LogP contribution in [0.25, 0.3) is 0 Å². The van der Waals surface area contributed by atoms with Crippen LogP contribution < -0.4 is 5.73 Å². The van der Waals surface area contributed by atoms with Gasteiger partial charge in [-0.1, -0.05) is 30.3 Å². The summed E-state index contributed by atoms with van der Waals surface area (Å²) >= 11 is 1.82. The number of aryl methyl sites for hydroxylation is 2. The molecule has 0 aliphatic carbocycles. The molecule has 0 fully saturated rings. The zero-order valence-corrected chi connectivity index (χ0v) is 11.0. The number of hydrogen-bond acceptors (Lipinski definition) is 2. The highest BCUT2D eigenvalue weighted by Crippen LogP contribution is 2.14. The smallest absolute Gasteiger partial charge is 0.00828 e.